The van der Waals surface area contributed by atoms with E-state index in [4.69, 9.17) is 9.26 Å². The minimum absolute atomic E-state index is 0.321. The monoisotopic (exact) mass is 240 g/mol. The minimum atomic E-state index is -0.881. The molecule has 0 amide bonds. The summed E-state index contributed by atoms with van der Waals surface area (Å²) < 4.78 is 10.1. The molecule has 0 aliphatic carbocycles. The van der Waals surface area contributed by atoms with Crippen LogP contribution in [0.2, 0.25) is 0 Å². The highest BCUT2D eigenvalue weighted by molar-refractivity contribution is 5.80. The third-order valence-corrected chi connectivity index (χ3v) is 2.54. The van der Waals surface area contributed by atoms with Crippen LogP contribution in [0.25, 0.3) is 0 Å². The first-order valence-corrected chi connectivity index (χ1v) is 6.02. The van der Waals surface area contributed by atoms with Crippen LogP contribution < -0.4 is 0 Å². The van der Waals surface area contributed by atoms with E-state index in [2.05, 4.69) is 17.1 Å². The van der Waals surface area contributed by atoms with Gasteiger partial charge in [-0.2, -0.15) is 4.98 Å². The largest absolute Gasteiger partial charge is 0.465 e. The van der Waals surface area contributed by atoms with Crippen LogP contribution in [0.15, 0.2) is 4.52 Å². The molecule has 96 valence electrons. The summed E-state index contributed by atoms with van der Waals surface area (Å²) in [7, 11) is 0. The van der Waals surface area contributed by atoms with Crippen LogP contribution in [0.3, 0.4) is 0 Å². The third-order valence-electron chi connectivity index (χ3n) is 2.54. The van der Waals surface area contributed by atoms with Gasteiger partial charge in [0, 0.05) is 6.42 Å². The maximum Gasteiger partial charge on any atom is 0.321 e. The second-order valence-electron chi connectivity index (χ2n) is 4.46. The second kappa shape index (κ2) is 5.80. The van der Waals surface area contributed by atoms with Crippen LogP contribution in [0, 0.1) is 0 Å². The molecular formula is C12H20N2O3. The number of aromatic nitrogens is 2. The predicted molar refractivity (Wildman–Crippen MR) is 62.6 cm³/mol. The Morgan fingerprint density at radius 2 is 2.12 bits per heavy atom. The zero-order valence-corrected chi connectivity index (χ0v) is 10.9. The van der Waals surface area contributed by atoms with Gasteiger partial charge in [-0.15, -0.1) is 0 Å². The van der Waals surface area contributed by atoms with Gasteiger partial charge in [0.25, 0.3) is 0 Å². The van der Waals surface area contributed by atoms with Gasteiger partial charge in [0.2, 0.25) is 5.89 Å². The van der Waals surface area contributed by atoms with Crippen molar-refractivity contribution in [3.63, 3.8) is 0 Å². The van der Waals surface area contributed by atoms with Crippen molar-refractivity contribution >= 4 is 5.97 Å². The number of unbranched alkanes of at least 4 members (excludes halogenated alkanes) is 1. The second-order valence-corrected chi connectivity index (χ2v) is 4.46. The van der Waals surface area contributed by atoms with Crippen LogP contribution in [0.1, 0.15) is 52.3 Å². The summed E-state index contributed by atoms with van der Waals surface area (Å²) in [5, 5.41) is 3.87. The molecule has 0 saturated carbocycles. The highest BCUT2D eigenvalue weighted by atomic mass is 16.5. The molecule has 5 heteroatoms. The van der Waals surface area contributed by atoms with E-state index in [9.17, 15) is 4.79 Å². The van der Waals surface area contributed by atoms with Crippen molar-refractivity contribution in [3.8, 4) is 0 Å². The number of aryl methyl sites for hydroxylation is 1. The van der Waals surface area contributed by atoms with Crippen LogP contribution in [0.5, 0.6) is 0 Å². The Bertz CT molecular complexity index is 372. The van der Waals surface area contributed by atoms with Crippen LogP contribution in [0.4, 0.5) is 0 Å². The molecule has 0 bridgehead atoms. The number of carbonyl (C=O) groups excluding carboxylic acids is 1. The number of ether oxygens (including phenoxy) is 1. The Kier molecular flexibility index (Phi) is 4.66. The summed E-state index contributed by atoms with van der Waals surface area (Å²) >= 11 is 0. The molecule has 0 saturated heterocycles. The van der Waals surface area contributed by atoms with E-state index in [1.54, 1.807) is 20.8 Å². The fourth-order valence-corrected chi connectivity index (χ4v) is 1.34. The van der Waals surface area contributed by atoms with Gasteiger partial charge in [-0.1, -0.05) is 18.5 Å². The fourth-order valence-electron chi connectivity index (χ4n) is 1.34. The van der Waals surface area contributed by atoms with Crippen molar-refractivity contribution in [2.45, 2.75) is 52.4 Å². The minimum Gasteiger partial charge on any atom is -0.465 e. The predicted octanol–water partition coefficient (Wildman–Crippen LogP) is 2.25. The number of hydrogen-bond acceptors (Lipinski definition) is 5. The molecule has 1 heterocycles. The Labute approximate surface area is 102 Å². The van der Waals surface area contributed by atoms with Gasteiger partial charge in [-0.05, 0) is 27.2 Å². The van der Waals surface area contributed by atoms with Crippen molar-refractivity contribution < 1.29 is 14.1 Å². The van der Waals surface area contributed by atoms with Crippen LogP contribution in [-0.2, 0) is 21.4 Å². The molecule has 0 aromatic carbocycles. The highest BCUT2D eigenvalue weighted by Gasteiger charge is 2.37. The van der Waals surface area contributed by atoms with Crippen molar-refractivity contribution in [1.29, 1.82) is 0 Å². The number of carbonyl (C=O) groups is 1. The molecule has 0 aliphatic heterocycles. The highest BCUT2D eigenvalue weighted by Crippen LogP contribution is 2.23. The lowest BCUT2D eigenvalue weighted by atomic mass is 9.94. The van der Waals surface area contributed by atoms with Crippen LogP contribution in [-0.4, -0.2) is 22.7 Å². The summed E-state index contributed by atoms with van der Waals surface area (Å²) in [5.74, 6) is 0.631. The summed E-state index contributed by atoms with van der Waals surface area (Å²) in [6.45, 7) is 7.67. The number of rotatable bonds is 6. The normalized spacial score (nSPS) is 11.5. The molecule has 0 atom stereocenters. The number of hydrogen-bond donors (Lipinski definition) is 0. The third kappa shape index (κ3) is 3.28. The van der Waals surface area contributed by atoms with Crippen LogP contribution >= 0.6 is 0 Å². The fraction of sp³-hybridized carbons (Fsp3) is 0.750. The first kappa shape index (κ1) is 13.7. The first-order valence-electron chi connectivity index (χ1n) is 6.02. The van der Waals surface area contributed by atoms with E-state index < -0.39 is 5.41 Å². The van der Waals surface area contributed by atoms with E-state index in [0.717, 1.165) is 19.3 Å². The quantitative estimate of drug-likeness (QED) is 0.713. The topological polar surface area (TPSA) is 65.2 Å². The molecule has 1 aromatic rings. The van der Waals surface area contributed by atoms with Gasteiger partial charge in [0.05, 0.1) is 6.61 Å². The SMILES string of the molecule is CCCCc1noc(C(C)(C)C(=O)OCC)n1. The maximum absolute atomic E-state index is 11.7. The molecule has 17 heavy (non-hydrogen) atoms. The van der Waals surface area contributed by atoms with Crippen molar-refractivity contribution in [2.24, 2.45) is 0 Å². The maximum atomic E-state index is 11.7. The van der Waals surface area contributed by atoms with Crippen molar-refractivity contribution in [2.75, 3.05) is 6.61 Å². The van der Waals surface area contributed by atoms with Gasteiger partial charge in [0.15, 0.2) is 5.82 Å². The summed E-state index contributed by atoms with van der Waals surface area (Å²) in [4.78, 5) is 16.0. The average molecular weight is 240 g/mol. The Balaban J connectivity index is 2.77. The molecule has 0 radical (unpaired) electrons. The number of esters is 1. The Morgan fingerprint density at radius 3 is 2.71 bits per heavy atom. The molecule has 0 fully saturated rings. The standard InChI is InChI=1S/C12H20N2O3/c1-5-7-8-9-13-10(17-14-9)12(3,4)11(15)16-6-2/h5-8H2,1-4H3. The smallest absolute Gasteiger partial charge is 0.321 e. The molecule has 5 nitrogen and oxygen atoms in total. The molecule has 1 aromatic heterocycles. The lowest BCUT2D eigenvalue weighted by Gasteiger charge is -2.16. The van der Waals surface area contributed by atoms with Gasteiger partial charge >= 0.3 is 5.97 Å². The van der Waals surface area contributed by atoms with E-state index >= 15 is 0 Å². The Hall–Kier alpha value is -1.39. The molecular weight excluding hydrogens is 220 g/mol. The van der Waals surface area contributed by atoms with E-state index in [0.29, 0.717) is 18.3 Å². The summed E-state index contributed by atoms with van der Waals surface area (Å²) in [5.41, 5.74) is -0.881. The van der Waals surface area contributed by atoms with Gasteiger partial charge in [0.1, 0.15) is 5.41 Å². The van der Waals surface area contributed by atoms with E-state index in [-0.39, 0.29) is 5.97 Å². The summed E-state index contributed by atoms with van der Waals surface area (Å²) in [6, 6.07) is 0. The molecule has 1 rings (SSSR count). The first-order chi connectivity index (χ1) is 8.02. The van der Waals surface area contributed by atoms with Crippen molar-refractivity contribution in [1.82, 2.24) is 10.1 Å². The average Bonchev–Trinajstić information content (AvgIpc) is 2.75. The molecule has 0 aliphatic rings. The van der Waals surface area contributed by atoms with E-state index in [1.165, 1.54) is 0 Å². The number of nitrogens with zero attached hydrogens (tertiary/aromatic N) is 2. The van der Waals surface area contributed by atoms with Crippen molar-refractivity contribution in [3.05, 3.63) is 11.7 Å². The summed E-state index contributed by atoms with van der Waals surface area (Å²) in [6.07, 6.45) is 2.86. The lowest BCUT2D eigenvalue weighted by Crippen LogP contribution is -2.31. The molecule has 0 spiro atoms. The molecule has 0 N–H and O–H groups in total. The van der Waals surface area contributed by atoms with Gasteiger partial charge < -0.3 is 9.26 Å². The molecule has 0 unspecified atom stereocenters. The zero-order valence-electron chi connectivity index (χ0n) is 10.9. The van der Waals surface area contributed by atoms with Gasteiger partial charge in [-0.3, -0.25) is 4.79 Å². The van der Waals surface area contributed by atoms with E-state index in [1.807, 2.05) is 0 Å². The Morgan fingerprint density at radius 1 is 1.41 bits per heavy atom. The lowest BCUT2D eigenvalue weighted by molar-refractivity contribution is -0.149. The zero-order chi connectivity index (χ0) is 12.9. The van der Waals surface area contributed by atoms with Gasteiger partial charge in [-0.25, -0.2) is 0 Å².